The summed E-state index contributed by atoms with van der Waals surface area (Å²) in [5, 5.41) is 0. The Morgan fingerprint density at radius 1 is 0.927 bits per heavy atom. The summed E-state index contributed by atoms with van der Waals surface area (Å²) < 4.78 is 25.2. The number of carbonyl (C=O) groups is 2. The second-order valence-electron chi connectivity index (χ2n) is 9.50. The molecule has 0 aromatic heterocycles. The van der Waals surface area contributed by atoms with Gasteiger partial charge in [-0.15, -0.1) is 0 Å². The van der Waals surface area contributed by atoms with Gasteiger partial charge < -0.3 is 20.1 Å². The highest BCUT2D eigenvalue weighted by atomic mass is 32.2. The number of ether oxygens (including phenoxy) is 2. The summed E-state index contributed by atoms with van der Waals surface area (Å²) in [7, 11) is 0. The molecule has 0 spiro atoms. The first kappa shape index (κ1) is 28.6. The highest BCUT2D eigenvalue weighted by Crippen LogP contribution is 2.36. The minimum atomic E-state index is -0.361. The van der Waals surface area contributed by atoms with Gasteiger partial charge in [0.25, 0.3) is 5.91 Å². The molecule has 2 heterocycles. The smallest absolute Gasteiger partial charge is 0.314 e. The highest BCUT2D eigenvalue weighted by Gasteiger charge is 2.33. The van der Waals surface area contributed by atoms with Crippen molar-refractivity contribution in [3.63, 3.8) is 0 Å². The van der Waals surface area contributed by atoms with Gasteiger partial charge in [0.05, 0.1) is 17.2 Å². The molecule has 212 valence electrons. The molecule has 2 N–H and O–H groups in total. The second kappa shape index (κ2) is 13.2. The number of nitrogens with two attached hydrogens (primary N) is 1. The summed E-state index contributed by atoms with van der Waals surface area (Å²) >= 11 is 6.77. The number of rotatable bonds is 9. The van der Waals surface area contributed by atoms with Gasteiger partial charge in [-0.2, -0.15) is 0 Å². The predicted octanol–water partition coefficient (Wildman–Crippen LogP) is 5.49. The Bertz CT molecular complexity index is 1420. The number of carbonyl (C=O) groups excluding carboxylic acids is 2. The highest BCUT2D eigenvalue weighted by molar-refractivity contribution is 8.27. The third-order valence-electron chi connectivity index (χ3n) is 6.69. The van der Waals surface area contributed by atoms with Gasteiger partial charge in [0.15, 0.2) is 4.32 Å². The Balaban J connectivity index is 1.11. The van der Waals surface area contributed by atoms with Crippen LogP contribution in [-0.2, 0) is 4.79 Å². The Labute approximate surface area is 247 Å². The van der Waals surface area contributed by atoms with Crippen LogP contribution in [0.15, 0.2) is 77.7 Å². The maximum atomic E-state index is 13.2. The molecule has 3 amide bonds. The summed E-state index contributed by atoms with van der Waals surface area (Å²) in [6.45, 7) is 4.39. The lowest BCUT2D eigenvalue weighted by Gasteiger charge is -2.33. The van der Waals surface area contributed by atoms with Gasteiger partial charge in [-0.25, -0.2) is 9.18 Å². The van der Waals surface area contributed by atoms with E-state index in [0.717, 1.165) is 37.4 Å². The number of halogens is 1. The third kappa shape index (κ3) is 7.43. The van der Waals surface area contributed by atoms with Crippen molar-refractivity contribution in [3.05, 3.63) is 89.1 Å². The minimum absolute atomic E-state index is 0.184. The SMILES string of the molecule is NC(=O)N1CCN(CCCOc2ccc(N3C(=O)C(=Cc4ccc(Oc5ccc(F)cc5)cc4)SC3=S)cc2)CC1. The molecule has 2 aliphatic rings. The van der Waals surface area contributed by atoms with Crippen LogP contribution in [0.1, 0.15) is 12.0 Å². The van der Waals surface area contributed by atoms with E-state index >= 15 is 0 Å². The number of hydrogen-bond acceptors (Lipinski definition) is 7. The van der Waals surface area contributed by atoms with E-state index in [-0.39, 0.29) is 17.8 Å². The molecule has 41 heavy (non-hydrogen) atoms. The molecular weight excluding hydrogens is 563 g/mol. The molecule has 2 saturated heterocycles. The van der Waals surface area contributed by atoms with Gasteiger partial charge in [-0.05, 0) is 78.7 Å². The van der Waals surface area contributed by atoms with Crippen LogP contribution in [-0.4, -0.2) is 65.4 Å². The average Bonchev–Trinajstić information content (AvgIpc) is 3.26. The predicted molar refractivity (Wildman–Crippen MR) is 163 cm³/mol. The molecule has 3 aromatic carbocycles. The number of thiocarbonyl (C=S) groups is 1. The summed E-state index contributed by atoms with van der Waals surface area (Å²) in [6, 6.07) is 20.0. The number of thioether (sulfide) groups is 1. The van der Waals surface area contributed by atoms with Gasteiger partial charge in [0.2, 0.25) is 0 Å². The third-order valence-corrected chi connectivity index (χ3v) is 7.99. The van der Waals surface area contributed by atoms with Crippen LogP contribution in [0.25, 0.3) is 6.08 Å². The first-order chi connectivity index (χ1) is 19.9. The first-order valence-electron chi connectivity index (χ1n) is 13.2. The molecule has 2 fully saturated rings. The van der Waals surface area contributed by atoms with Crippen LogP contribution < -0.4 is 20.1 Å². The van der Waals surface area contributed by atoms with Gasteiger partial charge in [-0.3, -0.25) is 14.6 Å². The molecule has 0 saturated carbocycles. The normalized spacial score (nSPS) is 16.9. The van der Waals surface area contributed by atoms with Gasteiger partial charge >= 0.3 is 6.03 Å². The Morgan fingerprint density at radius 2 is 1.54 bits per heavy atom. The molecule has 5 rings (SSSR count). The lowest BCUT2D eigenvalue weighted by atomic mass is 10.2. The van der Waals surface area contributed by atoms with Crippen LogP contribution in [0.3, 0.4) is 0 Å². The topological polar surface area (TPSA) is 88.3 Å². The number of primary amides is 1. The summed E-state index contributed by atoms with van der Waals surface area (Å²) in [6.07, 6.45) is 2.66. The van der Waals surface area contributed by atoms with Crippen LogP contribution in [0.2, 0.25) is 0 Å². The van der Waals surface area contributed by atoms with Crippen molar-refractivity contribution < 1.29 is 23.5 Å². The molecule has 0 aliphatic carbocycles. The van der Waals surface area contributed by atoms with Crippen molar-refractivity contribution in [1.82, 2.24) is 9.80 Å². The Kier molecular flexibility index (Phi) is 9.17. The number of anilines is 1. The monoisotopic (exact) mass is 592 g/mol. The number of nitrogens with zero attached hydrogens (tertiary/aromatic N) is 3. The lowest BCUT2D eigenvalue weighted by Crippen LogP contribution is -2.50. The van der Waals surface area contributed by atoms with E-state index in [2.05, 4.69) is 4.90 Å². The Morgan fingerprint density at radius 3 is 2.17 bits per heavy atom. The zero-order valence-electron chi connectivity index (χ0n) is 22.2. The maximum absolute atomic E-state index is 13.2. The number of hydrogen-bond donors (Lipinski definition) is 1. The van der Waals surface area contributed by atoms with Crippen molar-refractivity contribution in [2.24, 2.45) is 5.73 Å². The number of amides is 3. The quantitative estimate of drug-likeness (QED) is 0.200. The standard InChI is InChI=1S/C30H29FN4O4S2/c31-22-4-10-26(11-5-22)39-25-8-2-21(3-9-25)20-27-28(36)35(30(40)41-27)23-6-12-24(13-7-23)38-19-1-14-33-15-17-34(18-16-33)29(32)37/h2-13,20H,1,14-19H2,(H2,32,37). The number of piperazine rings is 1. The first-order valence-corrected chi connectivity index (χ1v) is 14.4. The zero-order chi connectivity index (χ0) is 28.8. The molecule has 2 aliphatic heterocycles. The maximum Gasteiger partial charge on any atom is 0.314 e. The van der Waals surface area contributed by atoms with Crippen molar-refractivity contribution in [3.8, 4) is 17.2 Å². The van der Waals surface area contributed by atoms with E-state index in [1.54, 1.807) is 35.2 Å². The Hall–Kier alpha value is -3.93. The summed E-state index contributed by atoms with van der Waals surface area (Å²) in [4.78, 5) is 30.4. The molecule has 0 bridgehead atoms. The molecule has 0 atom stereocenters. The molecule has 0 unspecified atom stereocenters. The van der Waals surface area contributed by atoms with E-state index in [0.29, 0.717) is 46.1 Å². The van der Waals surface area contributed by atoms with Crippen molar-refractivity contribution in [2.75, 3.05) is 44.2 Å². The van der Waals surface area contributed by atoms with Crippen molar-refractivity contribution >= 4 is 52.0 Å². The fourth-order valence-electron chi connectivity index (χ4n) is 4.47. The average molecular weight is 593 g/mol. The largest absolute Gasteiger partial charge is 0.494 e. The van der Waals surface area contributed by atoms with E-state index in [1.807, 2.05) is 36.4 Å². The molecule has 0 radical (unpaired) electrons. The molecule has 3 aromatic rings. The van der Waals surface area contributed by atoms with E-state index in [9.17, 15) is 14.0 Å². The number of urea groups is 1. The van der Waals surface area contributed by atoms with Crippen LogP contribution in [0.4, 0.5) is 14.9 Å². The van der Waals surface area contributed by atoms with E-state index in [1.165, 1.54) is 28.8 Å². The second-order valence-corrected chi connectivity index (χ2v) is 11.2. The molecule has 11 heteroatoms. The summed E-state index contributed by atoms with van der Waals surface area (Å²) in [5.74, 6) is 1.35. The van der Waals surface area contributed by atoms with E-state index < -0.39 is 0 Å². The molecular formula is C30H29FN4O4S2. The van der Waals surface area contributed by atoms with E-state index in [4.69, 9.17) is 27.4 Å². The minimum Gasteiger partial charge on any atom is -0.494 e. The lowest BCUT2D eigenvalue weighted by molar-refractivity contribution is -0.113. The van der Waals surface area contributed by atoms with Crippen LogP contribution in [0, 0.1) is 5.82 Å². The van der Waals surface area contributed by atoms with Gasteiger partial charge in [0.1, 0.15) is 23.1 Å². The van der Waals surface area contributed by atoms with Crippen molar-refractivity contribution in [2.45, 2.75) is 6.42 Å². The van der Waals surface area contributed by atoms with Gasteiger partial charge in [0, 0.05) is 32.7 Å². The number of benzene rings is 3. The zero-order valence-corrected chi connectivity index (χ0v) is 23.8. The van der Waals surface area contributed by atoms with Crippen molar-refractivity contribution in [1.29, 1.82) is 0 Å². The fraction of sp³-hybridized carbons (Fsp3) is 0.233. The summed E-state index contributed by atoms with van der Waals surface area (Å²) in [5.41, 5.74) is 6.84. The van der Waals surface area contributed by atoms with Crippen LogP contribution >= 0.6 is 24.0 Å². The molecule has 8 nitrogen and oxygen atoms in total. The van der Waals surface area contributed by atoms with Gasteiger partial charge in [-0.1, -0.05) is 36.1 Å². The fourth-order valence-corrected chi connectivity index (χ4v) is 5.77. The van der Waals surface area contributed by atoms with Crippen LogP contribution in [0.5, 0.6) is 17.2 Å².